The predicted molar refractivity (Wildman–Crippen MR) is 144 cm³/mol. The lowest BCUT2D eigenvalue weighted by Crippen LogP contribution is -2.37. The van der Waals surface area contributed by atoms with Gasteiger partial charge in [0.15, 0.2) is 0 Å². The van der Waals surface area contributed by atoms with Crippen molar-refractivity contribution >= 4 is 64.2 Å². The van der Waals surface area contributed by atoms with Crippen LogP contribution in [0.15, 0.2) is 48.7 Å². The fourth-order valence-corrected chi connectivity index (χ4v) is 3.91. The van der Waals surface area contributed by atoms with Crippen molar-refractivity contribution in [3.63, 3.8) is 0 Å². The average Bonchev–Trinajstić information content (AvgIpc) is 3.16. The normalized spacial score (nSPS) is 12.0. The first-order valence-corrected chi connectivity index (χ1v) is 11.9. The minimum atomic E-state index is -4.83. The summed E-state index contributed by atoms with van der Waals surface area (Å²) in [4.78, 5) is 39.6. The molecule has 3 rings (SSSR count). The number of hydrogen-bond donors (Lipinski definition) is 2. The Morgan fingerprint density at radius 2 is 1.74 bits per heavy atom. The highest BCUT2D eigenvalue weighted by atomic mass is 35.5. The summed E-state index contributed by atoms with van der Waals surface area (Å²) in [5.41, 5.74) is 0.976. The maximum absolute atomic E-state index is 13.1. The minimum Gasteiger partial charge on any atom is -0.465 e. The van der Waals surface area contributed by atoms with Crippen LogP contribution in [0.5, 0.6) is 5.75 Å². The van der Waals surface area contributed by atoms with Gasteiger partial charge in [0.1, 0.15) is 11.8 Å². The zero-order chi connectivity index (χ0) is 28.0. The molecule has 0 aliphatic rings. The van der Waals surface area contributed by atoms with E-state index >= 15 is 0 Å². The average molecular weight is 591 g/mol. The second-order valence-corrected chi connectivity index (χ2v) is 8.83. The van der Waals surface area contributed by atoms with Crippen molar-refractivity contribution in [3.05, 3.63) is 53.7 Å². The van der Waals surface area contributed by atoms with E-state index in [-0.39, 0.29) is 49.1 Å². The molecule has 1 atom stereocenters. The van der Waals surface area contributed by atoms with E-state index in [2.05, 4.69) is 15.4 Å². The van der Waals surface area contributed by atoms with Crippen LogP contribution in [0.1, 0.15) is 24.6 Å². The summed E-state index contributed by atoms with van der Waals surface area (Å²) in [5, 5.41) is 6.00. The molecule has 0 aliphatic carbocycles. The molecule has 0 aliphatic heterocycles. The number of ether oxygens (including phenoxy) is 2. The molecule has 1 heterocycles. The zero-order valence-electron chi connectivity index (χ0n) is 21.2. The van der Waals surface area contributed by atoms with Crippen LogP contribution >= 0.6 is 24.0 Å². The summed E-state index contributed by atoms with van der Waals surface area (Å²) in [6.45, 7) is 1.93. The van der Waals surface area contributed by atoms with E-state index in [1.165, 1.54) is 22.9 Å². The SMILES string of the molecule is CCOC(=O)C(CCC(=O)n1cc(NC(=O)Nc2ccc(OC(F)(F)F)cc2)c2cc(Cl)ccc21)N(C)C.Cl. The number of aromatic nitrogens is 1. The van der Waals surface area contributed by atoms with Gasteiger partial charge in [-0.3, -0.25) is 19.1 Å². The molecule has 0 spiro atoms. The lowest BCUT2D eigenvalue weighted by atomic mass is 10.1. The van der Waals surface area contributed by atoms with Gasteiger partial charge in [0.2, 0.25) is 5.91 Å². The second kappa shape index (κ2) is 13.5. The van der Waals surface area contributed by atoms with Crippen molar-refractivity contribution in [3.8, 4) is 5.75 Å². The van der Waals surface area contributed by atoms with E-state index in [1.807, 2.05) is 0 Å². The standard InChI is InChI=1S/C25H26ClF3N4O5.ClH/c1-4-37-23(35)21(32(2)3)11-12-22(34)33-14-19(18-13-15(26)5-10-20(18)33)31-24(36)30-16-6-8-17(9-7-16)38-25(27,28)29;/h5-10,13-14,21H,4,11-12H2,1-3H3,(H2,30,31,36);1H. The number of esters is 1. The Hall–Kier alpha value is -3.48. The molecule has 0 saturated heterocycles. The number of halogens is 5. The van der Waals surface area contributed by atoms with Gasteiger partial charge in [0, 0.05) is 28.7 Å². The minimum absolute atomic E-state index is 0. The summed E-state index contributed by atoms with van der Waals surface area (Å²) >= 11 is 6.14. The lowest BCUT2D eigenvalue weighted by Gasteiger charge is -2.22. The number of carbonyl (C=O) groups is 3. The van der Waals surface area contributed by atoms with Gasteiger partial charge >= 0.3 is 18.4 Å². The summed E-state index contributed by atoms with van der Waals surface area (Å²) < 4.78 is 47.3. The van der Waals surface area contributed by atoms with Crippen molar-refractivity contribution in [2.24, 2.45) is 0 Å². The third kappa shape index (κ3) is 8.77. The molecule has 39 heavy (non-hydrogen) atoms. The first kappa shape index (κ1) is 31.7. The fourth-order valence-electron chi connectivity index (χ4n) is 3.74. The molecule has 0 fully saturated rings. The Bertz CT molecular complexity index is 1310. The number of nitrogens with one attached hydrogen (secondary N) is 2. The number of rotatable bonds is 9. The number of hydrogen-bond acceptors (Lipinski definition) is 6. The molecule has 212 valence electrons. The van der Waals surface area contributed by atoms with Crippen molar-refractivity contribution in [1.29, 1.82) is 0 Å². The van der Waals surface area contributed by atoms with Gasteiger partial charge in [0.25, 0.3) is 0 Å². The summed E-state index contributed by atoms with van der Waals surface area (Å²) in [7, 11) is 3.44. The van der Waals surface area contributed by atoms with E-state index in [4.69, 9.17) is 16.3 Å². The van der Waals surface area contributed by atoms with Crippen LogP contribution < -0.4 is 15.4 Å². The third-order valence-corrected chi connectivity index (χ3v) is 5.68. The van der Waals surface area contributed by atoms with Gasteiger partial charge in [-0.2, -0.15) is 0 Å². The topological polar surface area (TPSA) is 102 Å². The number of fused-ring (bicyclic) bond motifs is 1. The lowest BCUT2D eigenvalue weighted by molar-refractivity contribution is -0.274. The summed E-state index contributed by atoms with van der Waals surface area (Å²) in [6.07, 6.45) is -3.15. The number of urea groups is 1. The molecular weight excluding hydrogens is 564 g/mol. The van der Waals surface area contributed by atoms with Crippen molar-refractivity contribution < 1.29 is 37.0 Å². The van der Waals surface area contributed by atoms with Gasteiger partial charge in [-0.15, -0.1) is 25.6 Å². The second-order valence-electron chi connectivity index (χ2n) is 8.39. The van der Waals surface area contributed by atoms with Crippen molar-refractivity contribution in [2.75, 3.05) is 31.3 Å². The molecule has 1 aromatic heterocycles. The van der Waals surface area contributed by atoms with E-state index in [0.717, 1.165) is 12.1 Å². The number of benzene rings is 2. The third-order valence-electron chi connectivity index (χ3n) is 5.44. The molecule has 0 bridgehead atoms. The molecule has 2 amide bonds. The van der Waals surface area contributed by atoms with Crippen molar-refractivity contribution in [1.82, 2.24) is 9.47 Å². The number of alkyl halides is 3. The number of likely N-dealkylation sites (N-methyl/N-ethyl adjacent to an activating group) is 1. The Morgan fingerprint density at radius 1 is 1.08 bits per heavy atom. The molecule has 1 unspecified atom stereocenters. The Balaban J connectivity index is 0.00000533. The maximum Gasteiger partial charge on any atom is 0.573 e. The van der Waals surface area contributed by atoms with E-state index in [1.54, 1.807) is 44.1 Å². The largest absolute Gasteiger partial charge is 0.573 e. The number of nitrogens with zero attached hydrogens (tertiary/aromatic N) is 2. The highest BCUT2D eigenvalue weighted by Crippen LogP contribution is 2.30. The first-order chi connectivity index (χ1) is 17.9. The molecule has 0 saturated carbocycles. The van der Waals surface area contributed by atoms with Crippen LogP contribution in [0.3, 0.4) is 0 Å². The van der Waals surface area contributed by atoms with Gasteiger partial charge in [-0.25, -0.2) is 4.79 Å². The van der Waals surface area contributed by atoms with Crippen LogP contribution in [0.4, 0.5) is 29.3 Å². The smallest absolute Gasteiger partial charge is 0.465 e. The van der Waals surface area contributed by atoms with E-state index in [9.17, 15) is 27.6 Å². The van der Waals surface area contributed by atoms with Crippen LogP contribution in [0.2, 0.25) is 5.02 Å². The first-order valence-electron chi connectivity index (χ1n) is 11.5. The molecular formula is C25H27Cl2F3N4O5. The predicted octanol–water partition coefficient (Wildman–Crippen LogP) is 6.17. The van der Waals surface area contributed by atoms with Gasteiger partial charge < -0.3 is 20.1 Å². The zero-order valence-corrected chi connectivity index (χ0v) is 22.7. The van der Waals surface area contributed by atoms with Crippen LogP contribution in [0, 0.1) is 0 Å². The molecule has 0 radical (unpaired) electrons. The van der Waals surface area contributed by atoms with Crippen LogP contribution in [-0.2, 0) is 9.53 Å². The summed E-state index contributed by atoms with van der Waals surface area (Å²) in [5.74, 6) is -1.17. The molecule has 2 aromatic carbocycles. The highest BCUT2D eigenvalue weighted by Gasteiger charge is 2.31. The maximum atomic E-state index is 13.1. The molecule has 3 aromatic rings. The van der Waals surface area contributed by atoms with E-state index in [0.29, 0.717) is 15.9 Å². The highest BCUT2D eigenvalue weighted by molar-refractivity contribution is 6.31. The van der Waals surface area contributed by atoms with Gasteiger partial charge in [0.05, 0.1) is 17.8 Å². The van der Waals surface area contributed by atoms with E-state index < -0.39 is 30.2 Å². The van der Waals surface area contributed by atoms with Crippen LogP contribution in [-0.4, -0.2) is 60.5 Å². The summed E-state index contributed by atoms with van der Waals surface area (Å²) in [6, 6.07) is 8.12. The fraction of sp³-hybridized carbons (Fsp3) is 0.320. The quantitative estimate of drug-likeness (QED) is 0.289. The Kier molecular flexibility index (Phi) is 11.0. The van der Waals surface area contributed by atoms with Crippen LogP contribution in [0.25, 0.3) is 10.9 Å². The monoisotopic (exact) mass is 590 g/mol. The van der Waals surface area contributed by atoms with Gasteiger partial charge in [-0.05, 0) is 69.9 Å². The molecule has 14 heteroatoms. The number of anilines is 2. The number of carbonyl (C=O) groups excluding carboxylic acids is 3. The van der Waals surface area contributed by atoms with Crippen molar-refractivity contribution in [2.45, 2.75) is 32.2 Å². The molecule has 9 nitrogen and oxygen atoms in total. The molecule has 2 N–H and O–H groups in total. The Morgan fingerprint density at radius 3 is 2.33 bits per heavy atom. The van der Waals surface area contributed by atoms with Gasteiger partial charge in [-0.1, -0.05) is 11.6 Å². The Labute approximate surface area is 233 Å². The number of amides is 2.